The predicted octanol–water partition coefficient (Wildman–Crippen LogP) is 4.82. The zero-order valence-electron chi connectivity index (χ0n) is 20.4. The van der Waals surface area contributed by atoms with E-state index in [1.165, 1.54) is 0 Å². The van der Waals surface area contributed by atoms with E-state index in [1.807, 2.05) is 73.7 Å². The number of anilines is 2. The number of benzene rings is 3. The number of carboxylic acids is 1. The fraction of sp³-hybridized carbons (Fsp3) is 0.286. The zero-order valence-corrected chi connectivity index (χ0v) is 20.4. The third-order valence-electron chi connectivity index (χ3n) is 5.61. The van der Waals surface area contributed by atoms with Crippen molar-refractivity contribution in [3.63, 3.8) is 0 Å². The van der Waals surface area contributed by atoms with Gasteiger partial charge < -0.3 is 30.9 Å². The summed E-state index contributed by atoms with van der Waals surface area (Å²) in [4.78, 5) is 24.1. The largest absolute Gasteiger partial charge is 0.480 e. The van der Waals surface area contributed by atoms with Crippen LogP contribution < -0.4 is 21.1 Å². The van der Waals surface area contributed by atoms with Crippen LogP contribution in [0.5, 0.6) is 11.5 Å². The molecule has 8 nitrogen and oxygen atoms in total. The summed E-state index contributed by atoms with van der Waals surface area (Å²) in [6.07, 6.45) is 1.41. The monoisotopic (exact) mass is 491 g/mol. The molecule has 0 aliphatic heterocycles. The molecule has 3 rings (SSSR count). The Kier molecular flexibility index (Phi) is 10.1. The summed E-state index contributed by atoms with van der Waals surface area (Å²) in [5.74, 6) is -0.118. The van der Waals surface area contributed by atoms with E-state index in [0.29, 0.717) is 23.5 Å². The van der Waals surface area contributed by atoms with Gasteiger partial charge >= 0.3 is 5.97 Å². The van der Waals surface area contributed by atoms with E-state index >= 15 is 0 Å². The lowest BCUT2D eigenvalue weighted by Gasteiger charge is -2.21. The van der Waals surface area contributed by atoms with E-state index in [9.17, 15) is 14.7 Å². The Morgan fingerprint density at radius 2 is 1.67 bits per heavy atom. The zero-order chi connectivity index (χ0) is 25.8. The van der Waals surface area contributed by atoms with Crippen LogP contribution in [0.2, 0.25) is 0 Å². The lowest BCUT2D eigenvalue weighted by Crippen LogP contribution is -2.44. The highest BCUT2D eigenvalue weighted by Gasteiger charge is 2.21. The first kappa shape index (κ1) is 26.6. The molecule has 5 N–H and O–H groups in total. The normalized spacial score (nSPS) is 12.4. The lowest BCUT2D eigenvalue weighted by molar-refractivity contribution is -0.143. The van der Waals surface area contributed by atoms with Crippen LogP contribution in [0.3, 0.4) is 0 Å². The van der Waals surface area contributed by atoms with Crippen molar-refractivity contribution in [3.8, 4) is 11.5 Å². The van der Waals surface area contributed by atoms with Crippen molar-refractivity contribution in [2.45, 2.75) is 44.9 Å². The van der Waals surface area contributed by atoms with Gasteiger partial charge in [0.25, 0.3) is 0 Å². The molecule has 2 atom stereocenters. The third kappa shape index (κ3) is 8.63. The smallest absolute Gasteiger partial charge is 0.328 e. The number of nitrogen functional groups attached to an aromatic ring is 1. The molecule has 190 valence electrons. The fourth-order valence-electron chi connectivity index (χ4n) is 3.56. The first-order valence-electron chi connectivity index (χ1n) is 12.0. The van der Waals surface area contributed by atoms with Gasteiger partial charge in [0.05, 0.1) is 24.6 Å². The van der Waals surface area contributed by atoms with Gasteiger partial charge in [-0.05, 0) is 42.7 Å². The number of rotatable bonds is 14. The molecule has 0 aliphatic carbocycles. The molecule has 0 saturated carbocycles. The van der Waals surface area contributed by atoms with Gasteiger partial charge in [0.2, 0.25) is 5.91 Å². The van der Waals surface area contributed by atoms with Gasteiger partial charge in [0.1, 0.15) is 11.5 Å². The molecule has 8 heteroatoms. The second kappa shape index (κ2) is 13.7. The Morgan fingerprint density at radius 1 is 0.972 bits per heavy atom. The first-order chi connectivity index (χ1) is 17.4. The maximum atomic E-state index is 12.5. The van der Waals surface area contributed by atoms with E-state index in [1.54, 1.807) is 12.1 Å². The Balaban J connectivity index is 1.49. The number of nitrogens with two attached hydrogens (primary N) is 1. The molecule has 1 amide bonds. The van der Waals surface area contributed by atoms with E-state index in [-0.39, 0.29) is 31.6 Å². The molecule has 0 aliphatic rings. The molecule has 3 aromatic rings. The van der Waals surface area contributed by atoms with Crippen LogP contribution in [0.1, 0.15) is 31.7 Å². The maximum absolute atomic E-state index is 12.5. The van der Waals surface area contributed by atoms with Gasteiger partial charge in [-0.25, -0.2) is 4.79 Å². The number of amides is 1. The van der Waals surface area contributed by atoms with Crippen LogP contribution in [0, 0.1) is 0 Å². The van der Waals surface area contributed by atoms with E-state index in [0.717, 1.165) is 17.7 Å². The summed E-state index contributed by atoms with van der Waals surface area (Å²) in [7, 11) is 0. The summed E-state index contributed by atoms with van der Waals surface area (Å²) < 4.78 is 11.4. The molecule has 3 aromatic carbocycles. The van der Waals surface area contributed by atoms with Crippen molar-refractivity contribution in [1.82, 2.24) is 5.32 Å². The average molecular weight is 492 g/mol. The van der Waals surface area contributed by atoms with E-state index < -0.39 is 12.0 Å². The second-order valence-corrected chi connectivity index (χ2v) is 8.41. The average Bonchev–Trinajstić information content (AvgIpc) is 2.88. The van der Waals surface area contributed by atoms with Gasteiger partial charge in [-0.1, -0.05) is 55.5 Å². The summed E-state index contributed by atoms with van der Waals surface area (Å²) in [6.45, 7) is 2.17. The van der Waals surface area contributed by atoms with Crippen molar-refractivity contribution >= 4 is 23.3 Å². The lowest BCUT2D eigenvalue weighted by atomic mass is 10.1. The van der Waals surface area contributed by atoms with Gasteiger partial charge in [-0.3, -0.25) is 4.79 Å². The van der Waals surface area contributed by atoms with Crippen LogP contribution >= 0.6 is 0 Å². The molecule has 0 radical (unpaired) electrons. The summed E-state index contributed by atoms with van der Waals surface area (Å²) in [5.41, 5.74) is 8.37. The first-order valence-corrected chi connectivity index (χ1v) is 12.0. The molecule has 0 aromatic heterocycles. The van der Waals surface area contributed by atoms with Crippen LogP contribution in [0.15, 0.2) is 78.9 Å². The highest BCUT2D eigenvalue weighted by atomic mass is 16.5. The molecule has 0 spiro atoms. The molecule has 0 bridgehead atoms. The number of nitrogens with one attached hydrogen (secondary N) is 2. The molecule has 0 saturated heterocycles. The Hall–Kier alpha value is -4.04. The third-order valence-corrected chi connectivity index (χ3v) is 5.61. The van der Waals surface area contributed by atoms with E-state index in [4.69, 9.17) is 15.2 Å². The number of carbonyl (C=O) groups excluding carboxylic acids is 1. The molecule has 0 fully saturated rings. The van der Waals surface area contributed by atoms with Crippen molar-refractivity contribution in [2.24, 2.45) is 0 Å². The second-order valence-electron chi connectivity index (χ2n) is 8.41. The van der Waals surface area contributed by atoms with Crippen LogP contribution in [0.4, 0.5) is 11.4 Å². The van der Waals surface area contributed by atoms with Crippen molar-refractivity contribution in [3.05, 3.63) is 84.4 Å². The van der Waals surface area contributed by atoms with Crippen LogP contribution in [-0.2, 0) is 20.9 Å². The number of aliphatic carboxylic acids is 1. The summed E-state index contributed by atoms with van der Waals surface area (Å²) in [5, 5.41) is 15.4. The van der Waals surface area contributed by atoms with Gasteiger partial charge in [0.15, 0.2) is 6.04 Å². The maximum Gasteiger partial charge on any atom is 0.328 e. The van der Waals surface area contributed by atoms with Gasteiger partial charge in [-0.2, -0.15) is 0 Å². The number of hydrogen-bond acceptors (Lipinski definition) is 6. The molecular formula is C28H33N3O5. The minimum absolute atomic E-state index is 0.0392. The van der Waals surface area contributed by atoms with Crippen molar-refractivity contribution < 1.29 is 24.2 Å². The number of para-hydroxylation sites is 1. The van der Waals surface area contributed by atoms with Crippen LogP contribution in [-0.4, -0.2) is 35.7 Å². The number of hydrogen-bond donors (Lipinski definition) is 4. The Bertz CT molecular complexity index is 1110. The van der Waals surface area contributed by atoms with Crippen LogP contribution in [0.25, 0.3) is 0 Å². The topological polar surface area (TPSA) is 123 Å². The van der Waals surface area contributed by atoms with E-state index in [2.05, 4.69) is 10.6 Å². The Morgan fingerprint density at radius 3 is 2.33 bits per heavy atom. The Labute approximate surface area is 211 Å². The molecule has 0 heterocycles. The summed E-state index contributed by atoms with van der Waals surface area (Å²) in [6, 6.07) is 23.1. The minimum Gasteiger partial charge on any atom is -0.480 e. The molecular weight excluding hydrogens is 458 g/mol. The quantitative estimate of drug-likeness (QED) is 0.239. The summed E-state index contributed by atoms with van der Waals surface area (Å²) >= 11 is 0. The molecule has 1 unspecified atom stereocenters. The number of carboxylic acid groups (broad SMARTS) is 1. The standard InChI is InChI=1S/C28H33N3O5/c1-2-21(30-25-17-23(14-15-24(25)29)36-22-11-7-4-8-12-22)13-16-27(32)31-26(28(33)34)19-35-18-20-9-5-3-6-10-20/h3-12,14-15,17,21,26,30H,2,13,16,18-19,29H2,1H3,(H,31,32)(H,33,34)/t21-,26?/m1/s1. The van der Waals surface area contributed by atoms with Crippen molar-refractivity contribution in [1.29, 1.82) is 0 Å². The molecule has 36 heavy (non-hydrogen) atoms. The fourth-order valence-corrected chi connectivity index (χ4v) is 3.56. The van der Waals surface area contributed by atoms with Gasteiger partial charge in [-0.15, -0.1) is 0 Å². The number of carbonyl (C=O) groups is 2. The van der Waals surface area contributed by atoms with Crippen molar-refractivity contribution in [2.75, 3.05) is 17.7 Å². The highest BCUT2D eigenvalue weighted by molar-refractivity contribution is 5.83. The number of ether oxygens (including phenoxy) is 2. The predicted molar refractivity (Wildman–Crippen MR) is 140 cm³/mol. The minimum atomic E-state index is -1.13. The highest BCUT2D eigenvalue weighted by Crippen LogP contribution is 2.29. The van der Waals surface area contributed by atoms with Gasteiger partial charge in [0, 0.05) is 18.5 Å². The SMILES string of the molecule is CC[C@H](CCC(=O)NC(COCc1ccccc1)C(=O)O)Nc1cc(Oc2ccccc2)ccc1N.